The van der Waals surface area contributed by atoms with Crippen LogP contribution in [0.5, 0.6) is 0 Å². The third kappa shape index (κ3) is 8.05. The van der Waals surface area contributed by atoms with Crippen molar-refractivity contribution in [3.8, 4) is 33.6 Å². The fraction of sp³-hybridized carbons (Fsp3) is 0.150. The molecular formula is C40H36N4O3. The molecular weight excluding hydrogens is 584 g/mol. The van der Waals surface area contributed by atoms with Crippen molar-refractivity contribution in [1.82, 2.24) is 4.57 Å². The first-order chi connectivity index (χ1) is 23.3. The number of nitrogens with zero attached hydrogens (tertiary/aromatic N) is 4. The van der Waals surface area contributed by atoms with Crippen LogP contribution in [0.1, 0.15) is 11.1 Å². The van der Waals surface area contributed by atoms with Gasteiger partial charge in [0.05, 0.1) is 43.5 Å². The highest BCUT2D eigenvalue weighted by molar-refractivity contribution is 5.97. The quantitative estimate of drug-likeness (QED) is 0.0651. The van der Waals surface area contributed by atoms with Gasteiger partial charge in [-0.25, -0.2) is 0 Å². The van der Waals surface area contributed by atoms with Gasteiger partial charge in [-0.05, 0) is 33.3 Å². The number of hydrogen-bond donors (Lipinski definition) is 0. The number of benzene rings is 5. The number of hydrogen-bond acceptors (Lipinski definition) is 4. The summed E-state index contributed by atoms with van der Waals surface area (Å²) in [5.41, 5.74) is 17.9. The van der Waals surface area contributed by atoms with Crippen LogP contribution >= 0.6 is 0 Å². The van der Waals surface area contributed by atoms with Gasteiger partial charge in [-0.15, -0.1) is 0 Å². The molecule has 47 heavy (non-hydrogen) atoms. The van der Waals surface area contributed by atoms with Crippen LogP contribution in [-0.4, -0.2) is 23.9 Å². The lowest BCUT2D eigenvalue weighted by molar-refractivity contribution is -0.0866. The van der Waals surface area contributed by atoms with E-state index in [1.54, 1.807) is 0 Å². The Bertz CT molecular complexity index is 1830. The van der Waals surface area contributed by atoms with E-state index in [2.05, 4.69) is 26.7 Å². The molecule has 0 aliphatic rings. The third-order valence-electron chi connectivity index (χ3n) is 7.81. The minimum Gasteiger partial charge on any atom is -0.374 e. The van der Waals surface area contributed by atoms with Crippen LogP contribution in [0.2, 0.25) is 0 Å². The first kappa shape index (κ1) is 31.5. The van der Waals surface area contributed by atoms with Crippen molar-refractivity contribution < 1.29 is 14.2 Å². The Morgan fingerprint density at radius 1 is 0.553 bits per heavy atom. The third-order valence-corrected chi connectivity index (χ3v) is 7.81. The molecule has 0 spiro atoms. The topological polar surface area (TPSA) is 81.4 Å². The highest BCUT2D eigenvalue weighted by Gasteiger charge is 2.26. The minimum absolute atomic E-state index is 0.170. The maximum absolute atomic E-state index is 9.82. The van der Waals surface area contributed by atoms with E-state index in [0.717, 1.165) is 44.8 Å². The van der Waals surface area contributed by atoms with Gasteiger partial charge in [-0.1, -0.05) is 157 Å². The smallest absolute Gasteiger partial charge is 0.124 e. The Hall–Kier alpha value is -5.43. The molecule has 0 aliphatic carbocycles. The molecule has 0 unspecified atom stereocenters. The van der Waals surface area contributed by atoms with Crippen molar-refractivity contribution in [3.05, 3.63) is 173 Å². The molecule has 5 aromatic carbocycles. The second-order valence-electron chi connectivity index (χ2n) is 11.1. The average Bonchev–Trinajstić information content (AvgIpc) is 3.46. The molecule has 0 amide bonds. The molecule has 0 bridgehead atoms. The molecule has 0 N–H and O–H groups in total. The van der Waals surface area contributed by atoms with Crippen LogP contribution < -0.4 is 0 Å². The van der Waals surface area contributed by atoms with Crippen LogP contribution in [0.15, 0.2) is 157 Å². The lowest BCUT2D eigenvalue weighted by atomic mass is 9.99. The fourth-order valence-electron chi connectivity index (χ4n) is 5.63. The Morgan fingerprint density at radius 2 is 0.979 bits per heavy atom. The van der Waals surface area contributed by atoms with Crippen LogP contribution in [0, 0.1) is 0 Å². The van der Waals surface area contributed by atoms with E-state index in [1.807, 2.05) is 140 Å². The summed E-state index contributed by atoms with van der Waals surface area (Å²) in [7, 11) is 0. The molecule has 1 aromatic heterocycles. The minimum atomic E-state index is -0.375. The Kier molecular flexibility index (Phi) is 10.9. The standard InChI is InChI=1S/C40H36N4O3/c41-43-42-38-37(33-20-10-3-11-21-33)39(34-22-12-4-13-23-34)44(40(38)35-24-14-5-15-25-35)30-47-36(28-45-26-31-16-6-1-7-17-31)29-46-27-32-18-8-2-9-19-32/h1-25,36H,26-30H2. The predicted octanol–water partition coefficient (Wildman–Crippen LogP) is 10.2. The molecule has 0 fully saturated rings. The van der Waals surface area contributed by atoms with Gasteiger partial charge in [-0.3, -0.25) is 0 Å². The van der Waals surface area contributed by atoms with Crippen LogP contribution in [0.4, 0.5) is 5.69 Å². The lowest BCUT2D eigenvalue weighted by Gasteiger charge is -2.22. The first-order valence-corrected chi connectivity index (χ1v) is 15.6. The Morgan fingerprint density at radius 3 is 1.45 bits per heavy atom. The first-order valence-electron chi connectivity index (χ1n) is 15.6. The highest BCUT2D eigenvalue weighted by Crippen LogP contribution is 2.48. The van der Waals surface area contributed by atoms with Crippen LogP contribution in [0.3, 0.4) is 0 Å². The number of aromatic nitrogens is 1. The summed E-state index contributed by atoms with van der Waals surface area (Å²) in [6.45, 7) is 1.77. The van der Waals surface area contributed by atoms with Crippen molar-refractivity contribution in [2.45, 2.75) is 26.0 Å². The molecule has 0 saturated heterocycles. The molecule has 6 aromatic rings. The zero-order valence-corrected chi connectivity index (χ0v) is 26.1. The summed E-state index contributed by atoms with van der Waals surface area (Å²) in [4.78, 5) is 3.29. The molecule has 0 aliphatic heterocycles. The van der Waals surface area contributed by atoms with Crippen molar-refractivity contribution in [2.24, 2.45) is 5.11 Å². The summed E-state index contributed by atoms with van der Waals surface area (Å²) in [5.74, 6) is 0. The summed E-state index contributed by atoms with van der Waals surface area (Å²) < 4.78 is 21.1. The van der Waals surface area contributed by atoms with Gasteiger partial charge >= 0.3 is 0 Å². The SMILES string of the molecule is [N-]=[N+]=Nc1c(-c2ccccc2)c(-c2ccccc2)n(COC(COCc2ccccc2)COCc2ccccc2)c1-c1ccccc1. The lowest BCUT2D eigenvalue weighted by Crippen LogP contribution is -2.27. The summed E-state index contributed by atoms with van der Waals surface area (Å²) in [6, 6.07) is 50.3. The van der Waals surface area contributed by atoms with E-state index in [1.165, 1.54) is 0 Å². The molecule has 0 saturated carbocycles. The maximum atomic E-state index is 9.82. The molecule has 1 heterocycles. The van der Waals surface area contributed by atoms with Crippen LogP contribution in [-0.2, 0) is 34.2 Å². The zero-order valence-electron chi connectivity index (χ0n) is 26.1. The van der Waals surface area contributed by atoms with Gasteiger partial charge < -0.3 is 18.8 Å². The maximum Gasteiger partial charge on any atom is 0.124 e. The number of rotatable bonds is 15. The average molecular weight is 621 g/mol. The molecule has 234 valence electrons. The van der Waals surface area contributed by atoms with E-state index in [0.29, 0.717) is 32.1 Å². The van der Waals surface area contributed by atoms with Gasteiger partial charge in [0.2, 0.25) is 0 Å². The second-order valence-corrected chi connectivity index (χ2v) is 11.1. The highest BCUT2D eigenvalue weighted by atomic mass is 16.6. The summed E-state index contributed by atoms with van der Waals surface area (Å²) in [5, 5.41) is 4.31. The fourth-order valence-corrected chi connectivity index (χ4v) is 5.63. The van der Waals surface area contributed by atoms with E-state index in [-0.39, 0.29) is 12.8 Å². The monoisotopic (exact) mass is 620 g/mol. The summed E-state index contributed by atoms with van der Waals surface area (Å²) >= 11 is 0. The molecule has 0 radical (unpaired) electrons. The number of azide groups is 1. The van der Waals surface area contributed by atoms with Crippen molar-refractivity contribution >= 4 is 5.69 Å². The van der Waals surface area contributed by atoms with Crippen molar-refractivity contribution in [1.29, 1.82) is 0 Å². The van der Waals surface area contributed by atoms with Gasteiger partial charge in [0.15, 0.2) is 0 Å². The molecule has 0 atom stereocenters. The largest absolute Gasteiger partial charge is 0.374 e. The van der Waals surface area contributed by atoms with Crippen LogP contribution in [0.25, 0.3) is 44.1 Å². The van der Waals surface area contributed by atoms with Crippen molar-refractivity contribution in [2.75, 3.05) is 13.2 Å². The second kappa shape index (κ2) is 16.2. The van der Waals surface area contributed by atoms with E-state index in [9.17, 15) is 5.53 Å². The van der Waals surface area contributed by atoms with Gasteiger partial charge in [-0.2, -0.15) is 0 Å². The normalized spacial score (nSPS) is 11.0. The number of ether oxygens (including phenoxy) is 3. The van der Waals surface area contributed by atoms with Crippen molar-refractivity contribution in [3.63, 3.8) is 0 Å². The predicted molar refractivity (Wildman–Crippen MR) is 187 cm³/mol. The van der Waals surface area contributed by atoms with Gasteiger partial charge in [0, 0.05) is 10.5 Å². The molecule has 7 heteroatoms. The summed E-state index contributed by atoms with van der Waals surface area (Å²) in [6.07, 6.45) is -0.375. The van der Waals surface area contributed by atoms with Gasteiger partial charge in [0.1, 0.15) is 12.8 Å². The van der Waals surface area contributed by atoms with E-state index < -0.39 is 0 Å². The Balaban J connectivity index is 1.38. The molecule has 7 nitrogen and oxygen atoms in total. The molecule has 6 rings (SSSR count). The Labute approximate surface area is 275 Å². The van der Waals surface area contributed by atoms with E-state index >= 15 is 0 Å². The zero-order chi connectivity index (χ0) is 32.1. The van der Waals surface area contributed by atoms with Gasteiger partial charge in [0.25, 0.3) is 0 Å². The van der Waals surface area contributed by atoms with E-state index in [4.69, 9.17) is 14.2 Å².